The molecule has 14 heavy (non-hydrogen) atoms. The molecule has 0 aromatic carbocycles. The molecule has 0 saturated carbocycles. The van der Waals surface area contributed by atoms with E-state index >= 15 is 0 Å². The molecule has 3 N–H and O–H groups in total. The number of fused-ring (bicyclic) bond motifs is 1. The third-order valence-electron chi connectivity index (χ3n) is 1.96. The maximum Gasteiger partial charge on any atom is 0.244 e. The number of hydrogen-bond donors (Lipinski definition) is 2. The molecular weight excluding hydrogens is 242 g/mol. The van der Waals surface area contributed by atoms with Crippen molar-refractivity contribution in [2.45, 2.75) is 11.7 Å². The van der Waals surface area contributed by atoms with Gasteiger partial charge >= 0.3 is 0 Å². The van der Waals surface area contributed by atoms with Crippen molar-refractivity contribution in [1.29, 1.82) is 0 Å². The van der Waals surface area contributed by atoms with Gasteiger partial charge < -0.3 is 5.11 Å². The third kappa shape index (κ3) is 1.81. The minimum absolute atomic E-state index is 0.0259. The summed E-state index contributed by atoms with van der Waals surface area (Å²) in [6.07, 6.45) is 2.21. The summed E-state index contributed by atoms with van der Waals surface area (Å²) < 4.78 is 22.3. The Balaban J connectivity index is 2.36. The smallest absolute Gasteiger partial charge is 0.244 e. The lowest BCUT2D eigenvalue weighted by molar-refractivity contribution is 0.390. The Morgan fingerprint density at radius 2 is 2.29 bits per heavy atom. The molecule has 0 saturated heterocycles. The van der Waals surface area contributed by atoms with Gasteiger partial charge in [-0.25, -0.2) is 13.6 Å². The maximum absolute atomic E-state index is 11.1. The van der Waals surface area contributed by atoms with Gasteiger partial charge in [0, 0.05) is 17.1 Å². The van der Waals surface area contributed by atoms with Crippen LogP contribution in [-0.4, -0.2) is 24.5 Å². The second-order valence-electron chi connectivity index (χ2n) is 2.99. The molecule has 0 bridgehead atoms. The Bertz CT molecular complexity index is 423. The lowest BCUT2D eigenvalue weighted by atomic mass is 10.3. The molecule has 2 aliphatic rings. The second-order valence-corrected chi connectivity index (χ2v) is 7.11. The molecule has 2 rings (SSSR count). The summed E-state index contributed by atoms with van der Waals surface area (Å²) in [4.78, 5) is 0.727. The summed E-state index contributed by atoms with van der Waals surface area (Å²) in [6, 6.07) is 0. The fourth-order valence-corrected chi connectivity index (χ4v) is 4.80. The molecule has 2 aliphatic heterocycles. The number of aliphatic hydroxyl groups excluding tert-OH is 1. The zero-order chi connectivity index (χ0) is 10.3. The molecule has 1 unspecified atom stereocenters. The van der Waals surface area contributed by atoms with Crippen LogP contribution in [0, 0.1) is 0 Å². The summed E-state index contributed by atoms with van der Waals surface area (Å²) in [5.74, 6) is 1.11. The zero-order valence-corrected chi connectivity index (χ0v) is 9.58. The third-order valence-corrected chi connectivity index (χ3v) is 5.97. The molecule has 0 fully saturated rings. The van der Waals surface area contributed by atoms with Gasteiger partial charge in [0.1, 0.15) is 10.00 Å². The summed E-state index contributed by atoms with van der Waals surface area (Å²) in [5, 5.41) is 14.5. The van der Waals surface area contributed by atoms with Crippen molar-refractivity contribution in [3.8, 4) is 0 Å². The molecule has 0 aliphatic carbocycles. The first-order valence-electron chi connectivity index (χ1n) is 3.94. The van der Waals surface area contributed by atoms with Crippen molar-refractivity contribution < 1.29 is 13.5 Å². The van der Waals surface area contributed by atoms with Crippen molar-refractivity contribution in [1.82, 2.24) is 0 Å². The van der Waals surface area contributed by atoms with Gasteiger partial charge in [-0.1, -0.05) is 11.8 Å². The molecule has 0 amide bonds. The van der Waals surface area contributed by atoms with E-state index in [1.165, 1.54) is 0 Å². The second kappa shape index (κ2) is 3.48. The Hall–Kier alpha value is -0.110. The van der Waals surface area contributed by atoms with E-state index in [0.29, 0.717) is 12.2 Å². The van der Waals surface area contributed by atoms with Crippen LogP contribution in [-0.2, 0) is 10.0 Å². The van der Waals surface area contributed by atoms with Gasteiger partial charge in [0.15, 0.2) is 0 Å². The number of hydrogen-bond acceptors (Lipinski definition) is 5. The van der Waals surface area contributed by atoms with Crippen molar-refractivity contribution in [3.63, 3.8) is 0 Å². The van der Waals surface area contributed by atoms with Crippen LogP contribution >= 0.6 is 23.5 Å². The molecule has 4 nitrogen and oxygen atoms in total. The Labute approximate surface area is 90.7 Å². The molecule has 0 aromatic heterocycles. The summed E-state index contributed by atoms with van der Waals surface area (Å²) in [5.41, 5.74) is 0. The van der Waals surface area contributed by atoms with E-state index < -0.39 is 10.0 Å². The largest absolute Gasteiger partial charge is 0.511 e. The van der Waals surface area contributed by atoms with Crippen LogP contribution in [0.25, 0.3) is 0 Å². The molecule has 2 heterocycles. The topological polar surface area (TPSA) is 80.4 Å². The molecule has 7 heteroatoms. The lowest BCUT2D eigenvalue weighted by Gasteiger charge is -2.17. The highest BCUT2D eigenvalue weighted by Gasteiger charge is 2.33. The minimum atomic E-state index is -3.62. The molecule has 78 valence electrons. The van der Waals surface area contributed by atoms with Crippen molar-refractivity contribution in [2.75, 3.05) is 5.75 Å². The first-order valence-corrected chi connectivity index (χ1v) is 7.36. The lowest BCUT2D eigenvalue weighted by Crippen LogP contribution is -2.11. The maximum atomic E-state index is 11.1. The minimum Gasteiger partial charge on any atom is -0.511 e. The van der Waals surface area contributed by atoms with E-state index in [9.17, 15) is 13.5 Å². The molecular formula is C7H9NO3S3. The summed E-state index contributed by atoms with van der Waals surface area (Å²) in [7, 11) is -3.62. The number of allylic oxidation sites excluding steroid dienone is 1. The van der Waals surface area contributed by atoms with Crippen LogP contribution < -0.4 is 5.14 Å². The van der Waals surface area contributed by atoms with Crippen LogP contribution in [0.4, 0.5) is 0 Å². The SMILES string of the molecule is NS(=O)(=O)C1=CC2SCCC(O)=C2S1. The van der Waals surface area contributed by atoms with Crippen LogP contribution in [0.15, 0.2) is 21.0 Å². The van der Waals surface area contributed by atoms with Crippen molar-refractivity contribution in [3.05, 3.63) is 21.0 Å². The predicted octanol–water partition coefficient (Wildman–Crippen LogP) is 1.14. The number of thioether (sulfide) groups is 2. The fraction of sp³-hybridized carbons (Fsp3) is 0.429. The highest BCUT2D eigenvalue weighted by Crippen LogP contribution is 2.47. The zero-order valence-electron chi connectivity index (χ0n) is 7.13. The van der Waals surface area contributed by atoms with E-state index in [-0.39, 0.29) is 9.49 Å². The normalized spacial score (nSPS) is 27.5. The number of primary sulfonamides is 1. The quantitative estimate of drug-likeness (QED) is 0.730. The van der Waals surface area contributed by atoms with Crippen LogP contribution in [0.3, 0.4) is 0 Å². The predicted molar refractivity (Wildman–Crippen MR) is 59.3 cm³/mol. The molecule has 0 aromatic rings. The van der Waals surface area contributed by atoms with E-state index in [1.54, 1.807) is 17.8 Å². The molecule has 0 spiro atoms. The van der Waals surface area contributed by atoms with Crippen LogP contribution in [0.2, 0.25) is 0 Å². The van der Waals surface area contributed by atoms with Gasteiger partial charge in [-0.3, -0.25) is 0 Å². The van der Waals surface area contributed by atoms with Crippen LogP contribution in [0.5, 0.6) is 0 Å². The van der Waals surface area contributed by atoms with E-state index in [0.717, 1.165) is 22.4 Å². The number of nitrogens with two attached hydrogens (primary N) is 1. The van der Waals surface area contributed by atoms with Gasteiger partial charge in [0.05, 0.1) is 5.25 Å². The van der Waals surface area contributed by atoms with Gasteiger partial charge in [-0.2, -0.15) is 0 Å². The van der Waals surface area contributed by atoms with Gasteiger partial charge in [0.2, 0.25) is 10.0 Å². The fourth-order valence-electron chi connectivity index (χ4n) is 1.31. The van der Waals surface area contributed by atoms with Gasteiger partial charge in [-0.05, 0) is 6.08 Å². The molecule has 1 atom stereocenters. The Morgan fingerprint density at radius 3 is 2.86 bits per heavy atom. The van der Waals surface area contributed by atoms with Gasteiger partial charge in [0.25, 0.3) is 0 Å². The Morgan fingerprint density at radius 1 is 1.57 bits per heavy atom. The number of sulfonamides is 1. The van der Waals surface area contributed by atoms with Crippen molar-refractivity contribution >= 4 is 33.5 Å². The van der Waals surface area contributed by atoms with Crippen molar-refractivity contribution in [2.24, 2.45) is 5.14 Å². The summed E-state index contributed by atoms with van der Waals surface area (Å²) >= 11 is 2.69. The molecule has 0 radical (unpaired) electrons. The van der Waals surface area contributed by atoms with Gasteiger partial charge in [-0.15, -0.1) is 11.8 Å². The number of aliphatic hydroxyl groups is 1. The van der Waals surface area contributed by atoms with Crippen LogP contribution in [0.1, 0.15) is 6.42 Å². The monoisotopic (exact) mass is 251 g/mol. The average Bonchev–Trinajstić information content (AvgIpc) is 2.48. The highest BCUT2D eigenvalue weighted by atomic mass is 32.3. The summed E-state index contributed by atoms with van der Waals surface area (Å²) in [6.45, 7) is 0. The van der Waals surface area contributed by atoms with E-state index in [4.69, 9.17) is 5.14 Å². The number of rotatable bonds is 1. The first kappa shape index (κ1) is 10.4. The van der Waals surface area contributed by atoms with E-state index in [2.05, 4.69) is 0 Å². The van der Waals surface area contributed by atoms with E-state index in [1.807, 2.05) is 0 Å². The average molecular weight is 251 g/mol. The first-order chi connectivity index (χ1) is 6.48. The standard InChI is InChI=1S/C7H9NO3S3/c8-14(10,11)6-3-5-7(13-6)4(9)1-2-12-5/h3,5,9H,1-2H2,(H2,8,10,11). The highest BCUT2D eigenvalue weighted by molar-refractivity contribution is 8.21. The Kier molecular flexibility index (Phi) is 2.59.